The zero-order valence-corrected chi connectivity index (χ0v) is 13.6. The van der Waals surface area contributed by atoms with Crippen molar-refractivity contribution >= 4 is 0 Å². The molecular weight excluding hydrogens is 276 g/mol. The first-order chi connectivity index (χ1) is 10.9. The molecule has 2 heterocycles. The highest BCUT2D eigenvalue weighted by molar-refractivity contribution is 5.47. The highest BCUT2D eigenvalue weighted by atomic mass is 16.6. The van der Waals surface area contributed by atoms with Crippen LogP contribution in [0, 0.1) is 0 Å². The van der Waals surface area contributed by atoms with Crippen LogP contribution >= 0.6 is 0 Å². The van der Waals surface area contributed by atoms with Gasteiger partial charge in [0, 0.05) is 18.2 Å². The Bertz CT molecular complexity index is 470. The molecule has 0 radical (unpaired) electrons. The van der Waals surface area contributed by atoms with Crippen molar-refractivity contribution in [2.75, 3.05) is 32.8 Å². The van der Waals surface area contributed by atoms with Gasteiger partial charge in [0.05, 0.1) is 0 Å². The number of likely N-dealkylation sites (tertiary alicyclic amines) is 1. The lowest BCUT2D eigenvalue weighted by Gasteiger charge is -2.32. The van der Waals surface area contributed by atoms with Crippen LogP contribution in [-0.4, -0.2) is 43.8 Å². The van der Waals surface area contributed by atoms with Gasteiger partial charge in [0.25, 0.3) is 0 Å². The summed E-state index contributed by atoms with van der Waals surface area (Å²) < 4.78 is 11.4. The number of piperidine rings is 1. The summed E-state index contributed by atoms with van der Waals surface area (Å²) in [7, 11) is 0. The number of hydrogen-bond acceptors (Lipinski definition) is 4. The first-order valence-electron chi connectivity index (χ1n) is 8.70. The number of benzene rings is 1. The maximum absolute atomic E-state index is 5.78. The summed E-state index contributed by atoms with van der Waals surface area (Å²) in [6.07, 6.45) is 5.11. The van der Waals surface area contributed by atoms with Gasteiger partial charge in [0.15, 0.2) is 11.5 Å². The van der Waals surface area contributed by atoms with Crippen LogP contribution < -0.4 is 14.8 Å². The molecule has 2 aliphatic rings. The quantitative estimate of drug-likeness (QED) is 0.876. The van der Waals surface area contributed by atoms with E-state index in [1.807, 2.05) is 6.07 Å². The number of nitrogens with zero attached hydrogens (tertiary/aromatic N) is 1. The van der Waals surface area contributed by atoms with Crippen LogP contribution in [0.2, 0.25) is 0 Å². The Morgan fingerprint density at radius 2 is 2.00 bits per heavy atom. The average Bonchev–Trinajstić information content (AvgIpc) is 2.59. The summed E-state index contributed by atoms with van der Waals surface area (Å²) in [4.78, 5) is 2.60. The Kier molecular flexibility index (Phi) is 5.57. The summed E-state index contributed by atoms with van der Waals surface area (Å²) in [6.45, 7) is 8.15. The van der Waals surface area contributed by atoms with Crippen molar-refractivity contribution in [2.24, 2.45) is 0 Å². The molecule has 1 fully saturated rings. The molecule has 1 aromatic rings. The minimum atomic E-state index is 0.623. The van der Waals surface area contributed by atoms with Crippen molar-refractivity contribution < 1.29 is 9.47 Å². The molecule has 3 rings (SSSR count). The van der Waals surface area contributed by atoms with E-state index in [4.69, 9.17) is 9.47 Å². The number of unbranched alkanes of at least 4 members (excludes halogenated alkanes) is 1. The van der Waals surface area contributed by atoms with Gasteiger partial charge in [0.1, 0.15) is 13.2 Å². The fourth-order valence-corrected chi connectivity index (χ4v) is 3.27. The SMILES string of the molecule is CCCCN1CCC(NCc2cccc3c2OCCO3)CC1. The van der Waals surface area contributed by atoms with Gasteiger partial charge in [-0.05, 0) is 45.0 Å². The zero-order chi connectivity index (χ0) is 15.2. The second-order valence-electron chi connectivity index (χ2n) is 6.29. The topological polar surface area (TPSA) is 33.7 Å². The number of ether oxygens (including phenoxy) is 2. The Labute approximate surface area is 133 Å². The van der Waals surface area contributed by atoms with Gasteiger partial charge >= 0.3 is 0 Å². The summed E-state index contributed by atoms with van der Waals surface area (Å²) in [5.41, 5.74) is 1.21. The molecule has 1 saturated heterocycles. The van der Waals surface area contributed by atoms with Crippen LogP contribution in [0.25, 0.3) is 0 Å². The molecule has 22 heavy (non-hydrogen) atoms. The van der Waals surface area contributed by atoms with Crippen molar-refractivity contribution in [2.45, 2.75) is 45.2 Å². The molecule has 0 unspecified atom stereocenters. The number of nitrogens with one attached hydrogen (secondary N) is 1. The van der Waals surface area contributed by atoms with E-state index in [2.05, 4.69) is 29.3 Å². The average molecular weight is 304 g/mol. The van der Waals surface area contributed by atoms with Crippen LogP contribution in [0.5, 0.6) is 11.5 Å². The largest absolute Gasteiger partial charge is 0.486 e. The van der Waals surface area contributed by atoms with Crippen LogP contribution in [-0.2, 0) is 6.54 Å². The van der Waals surface area contributed by atoms with E-state index < -0.39 is 0 Å². The molecule has 2 aliphatic heterocycles. The van der Waals surface area contributed by atoms with Gasteiger partial charge in [-0.3, -0.25) is 0 Å². The lowest BCUT2D eigenvalue weighted by atomic mass is 10.0. The first-order valence-corrected chi connectivity index (χ1v) is 8.70. The van der Waals surface area contributed by atoms with E-state index in [1.165, 1.54) is 50.9 Å². The Balaban J connectivity index is 1.48. The van der Waals surface area contributed by atoms with Gasteiger partial charge in [-0.25, -0.2) is 0 Å². The van der Waals surface area contributed by atoms with Crippen molar-refractivity contribution in [1.29, 1.82) is 0 Å². The smallest absolute Gasteiger partial charge is 0.165 e. The molecule has 0 amide bonds. The molecule has 0 spiro atoms. The lowest BCUT2D eigenvalue weighted by Crippen LogP contribution is -2.42. The lowest BCUT2D eigenvalue weighted by molar-refractivity contribution is 0.168. The second-order valence-corrected chi connectivity index (χ2v) is 6.29. The molecular formula is C18H28N2O2. The summed E-state index contributed by atoms with van der Waals surface area (Å²) in [5.74, 6) is 1.82. The number of rotatable bonds is 6. The van der Waals surface area contributed by atoms with Crippen molar-refractivity contribution in [3.8, 4) is 11.5 Å². The summed E-state index contributed by atoms with van der Waals surface area (Å²) in [6, 6.07) is 6.80. The Morgan fingerprint density at radius 3 is 2.82 bits per heavy atom. The fraction of sp³-hybridized carbons (Fsp3) is 0.667. The molecule has 4 nitrogen and oxygen atoms in total. The van der Waals surface area contributed by atoms with Gasteiger partial charge in [0.2, 0.25) is 0 Å². The third-order valence-electron chi connectivity index (χ3n) is 4.64. The second kappa shape index (κ2) is 7.84. The van der Waals surface area contributed by atoms with Gasteiger partial charge in [-0.1, -0.05) is 25.5 Å². The van der Waals surface area contributed by atoms with E-state index in [9.17, 15) is 0 Å². The monoisotopic (exact) mass is 304 g/mol. The third-order valence-corrected chi connectivity index (χ3v) is 4.64. The molecule has 0 atom stereocenters. The van der Waals surface area contributed by atoms with Crippen molar-refractivity contribution in [3.63, 3.8) is 0 Å². The molecule has 1 aromatic carbocycles. The highest BCUT2D eigenvalue weighted by Crippen LogP contribution is 2.33. The molecule has 0 saturated carbocycles. The van der Waals surface area contributed by atoms with Gasteiger partial charge in [-0.2, -0.15) is 0 Å². The van der Waals surface area contributed by atoms with Crippen molar-refractivity contribution in [1.82, 2.24) is 10.2 Å². The number of para-hydroxylation sites is 1. The molecule has 0 bridgehead atoms. The summed E-state index contributed by atoms with van der Waals surface area (Å²) in [5, 5.41) is 3.70. The highest BCUT2D eigenvalue weighted by Gasteiger charge is 2.20. The molecule has 0 aromatic heterocycles. The van der Waals surface area contributed by atoms with E-state index in [1.54, 1.807) is 0 Å². The standard InChI is InChI=1S/C18H28N2O2/c1-2-3-9-20-10-7-16(8-11-20)19-14-15-5-4-6-17-18(15)22-13-12-21-17/h4-6,16,19H,2-3,7-14H2,1H3. The first kappa shape index (κ1) is 15.6. The molecule has 0 aliphatic carbocycles. The van der Waals surface area contributed by atoms with Crippen LogP contribution in [0.15, 0.2) is 18.2 Å². The van der Waals surface area contributed by atoms with Crippen LogP contribution in [0.3, 0.4) is 0 Å². The molecule has 122 valence electrons. The minimum absolute atomic E-state index is 0.623. The fourth-order valence-electron chi connectivity index (χ4n) is 3.27. The van der Waals surface area contributed by atoms with Crippen LogP contribution in [0.4, 0.5) is 0 Å². The maximum atomic E-state index is 5.78. The third kappa shape index (κ3) is 3.93. The minimum Gasteiger partial charge on any atom is -0.486 e. The maximum Gasteiger partial charge on any atom is 0.165 e. The molecule has 4 heteroatoms. The van der Waals surface area contributed by atoms with Crippen molar-refractivity contribution in [3.05, 3.63) is 23.8 Å². The Hall–Kier alpha value is -1.26. The van der Waals surface area contributed by atoms with E-state index in [-0.39, 0.29) is 0 Å². The van der Waals surface area contributed by atoms with Gasteiger partial charge in [-0.15, -0.1) is 0 Å². The van der Waals surface area contributed by atoms with E-state index >= 15 is 0 Å². The van der Waals surface area contributed by atoms with Gasteiger partial charge < -0.3 is 19.7 Å². The normalized spacial score (nSPS) is 19.3. The summed E-state index contributed by atoms with van der Waals surface area (Å²) >= 11 is 0. The Morgan fingerprint density at radius 1 is 1.18 bits per heavy atom. The molecule has 1 N–H and O–H groups in total. The number of fused-ring (bicyclic) bond motifs is 1. The number of hydrogen-bond donors (Lipinski definition) is 1. The predicted molar refractivity (Wildman–Crippen MR) is 88.6 cm³/mol. The zero-order valence-electron chi connectivity index (χ0n) is 13.6. The van der Waals surface area contributed by atoms with E-state index in [0.29, 0.717) is 19.3 Å². The predicted octanol–water partition coefficient (Wildman–Crippen LogP) is 2.81. The van der Waals surface area contributed by atoms with E-state index in [0.717, 1.165) is 18.0 Å². The van der Waals surface area contributed by atoms with Crippen LogP contribution in [0.1, 0.15) is 38.2 Å².